The topological polar surface area (TPSA) is 41.1 Å². The Balaban J connectivity index is 2.19. The average molecular weight is 236 g/mol. The maximum absolute atomic E-state index is 12.9. The quantitative estimate of drug-likeness (QED) is 0.553. The molecule has 17 heavy (non-hydrogen) atoms. The van der Waals surface area contributed by atoms with E-state index in [9.17, 15) is 9.18 Å². The molecule has 0 aliphatic rings. The second-order valence-corrected chi connectivity index (χ2v) is 3.65. The zero-order valence-electron chi connectivity index (χ0n) is 9.71. The monoisotopic (exact) mass is 236 g/mol. The molecular weight excluding hydrogens is 219 g/mol. The van der Waals surface area contributed by atoms with Crippen LogP contribution in [0.3, 0.4) is 0 Å². The first-order valence-corrected chi connectivity index (χ1v) is 5.55. The smallest absolute Gasteiger partial charge is 0.233 e. The van der Waals surface area contributed by atoms with E-state index in [1.807, 2.05) is 6.07 Å². The molecule has 0 atom stereocenters. The first kappa shape index (κ1) is 13.4. The minimum atomic E-state index is -0.249. The summed E-state index contributed by atoms with van der Waals surface area (Å²) >= 11 is 0. The first-order chi connectivity index (χ1) is 8.22. The van der Waals surface area contributed by atoms with Crippen molar-refractivity contribution < 1.29 is 9.18 Å². The van der Waals surface area contributed by atoms with Crippen molar-refractivity contribution in [1.82, 2.24) is 10.6 Å². The van der Waals surface area contributed by atoms with Crippen LogP contribution in [-0.4, -0.2) is 25.5 Å². The minimum absolute atomic E-state index is 0.0664. The maximum Gasteiger partial charge on any atom is 0.233 e. The predicted octanol–water partition coefficient (Wildman–Crippen LogP) is 1.26. The summed E-state index contributed by atoms with van der Waals surface area (Å²) in [4.78, 5) is 11.3. The number of halogens is 1. The van der Waals surface area contributed by atoms with Crippen LogP contribution in [0.4, 0.5) is 4.39 Å². The van der Waals surface area contributed by atoms with Gasteiger partial charge in [-0.2, -0.15) is 0 Å². The summed E-state index contributed by atoms with van der Waals surface area (Å²) in [5.74, 6) is -0.315. The average Bonchev–Trinajstić information content (AvgIpc) is 2.29. The summed E-state index contributed by atoms with van der Waals surface area (Å²) < 4.78 is 12.9. The summed E-state index contributed by atoms with van der Waals surface area (Å²) in [6.07, 6.45) is 2.32. The van der Waals surface area contributed by atoms with Gasteiger partial charge in [-0.3, -0.25) is 4.79 Å². The Morgan fingerprint density at radius 2 is 2.29 bits per heavy atom. The van der Waals surface area contributed by atoms with E-state index in [1.165, 1.54) is 12.1 Å². The zero-order chi connectivity index (χ0) is 12.5. The van der Waals surface area contributed by atoms with Gasteiger partial charge < -0.3 is 10.6 Å². The number of rotatable bonds is 7. The van der Waals surface area contributed by atoms with Crippen molar-refractivity contribution >= 4 is 5.91 Å². The lowest BCUT2D eigenvalue weighted by Crippen LogP contribution is -2.34. The Labute approximate surface area is 101 Å². The lowest BCUT2D eigenvalue weighted by atomic mass is 10.1. The Bertz CT molecular complexity index is 379. The molecule has 0 saturated carbocycles. The van der Waals surface area contributed by atoms with Gasteiger partial charge in [-0.15, -0.1) is 6.58 Å². The molecule has 2 N–H and O–H groups in total. The second-order valence-electron chi connectivity index (χ2n) is 3.65. The molecule has 1 aromatic carbocycles. The third-order valence-corrected chi connectivity index (χ3v) is 2.20. The van der Waals surface area contributed by atoms with Crippen LogP contribution in [0, 0.1) is 5.82 Å². The van der Waals surface area contributed by atoms with E-state index in [0.717, 1.165) is 5.56 Å². The number of hydrogen-bond donors (Lipinski definition) is 2. The van der Waals surface area contributed by atoms with E-state index < -0.39 is 0 Å². The Hall–Kier alpha value is -1.68. The SMILES string of the molecule is C=CCNCC(=O)NCCc1cccc(F)c1. The van der Waals surface area contributed by atoms with Crippen LogP contribution in [0.1, 0.15) is 5.56 Å². The van der Waals surface area contributed by atoms with Gasteiger partial charge in [0.25, 0.3) is 0 Å². The number of benzene rings is 1. The summed E-state index contributed by atoms with van der Waals surface area (Å²) in [6.45, 7) is 4.93. The van der Waals surface area contributed by atoms with Crippen molar-refractivity contribution in [2.24, 2.45) is 0 Å². The molecule has 3 nitrogen and oxygen atoms in total. The minimum Gasteiger partial charge on any atom is -0.355 e. The molecule has 1 aromatic rings. The Morgan fingerprint density at radius 3 is 3.00 bits per heavy atom. The van der Waals surface area contributed by atoms with Crippen LogP contribution in [0.5, 0.6) is 0 Å². The van der Waals surface area contributed by atoms with Gasteiger partial charge in [0.2, 0.25) is 5.91 Å². The van der Waals surface area contributed by atoms with E-state index >= 15 is 0 Å². The fourth-order valence-electron chi connectivity index (χ4n) is 1.39. The zero-order valence-corrected chi connectivity index (χ0v) is 9.71. The summed E-state index contributed by atoms with van der Waals surface area (Å²) in [6, 6.07) is 6.38. The van der Waals surface area contributed by atoms with Gasteiger partial charge in [-0.1, -0.05) is 18.2 Å². The lowest BCUT2D eigenvalue weighted by molar-refractivity contribution is -0.120. The van der Waals surface area contributed by atoms with Crippen molar-refractivity contribution in [2.75, 3.05) is 19.6 Å². The van der Waals surface area contributed by atoms with Crippen LogP contribution in [0.25, 0.3) is 0 Å². The fraction of sp³-hybridized carbons (Fsp3) is 0.308. The molecule has 0 fully saturated rings. The van der Waals surface area contributed by atoms with Crippen LogP contribution in [0.2, 0.25) is 0 Å². The van der Waals surface area contributed by atoms with E-state index in [-0.39, 0.29) is 18.3 Å². The predicted molar refractivity (Wildman–Crippen MR) is 66.2 cm³/mol. The fourth-order valence-corrected chi connectivity index (χ4v) is 1.39. The van der Waals surface area contributed by atoms with Crippen molar-refractivity contribution in [3.8, 4) is 0 Å². The third kappa shape index (κ3) is 5.82. The van der Waals surface area contributed by atoms with E-state index in [1.54, 1.807) is 12.1 Å². The molecular formula is C13H17FN2O. The molecule has 0 bridgehead atoms. The Morgan fingerprint density at radius 1 is 1.47 bits per heavy atom. The molecule has 0 unspecified atom stereocenters. The highest BCUT2D eigenvalue weighted by atomic mass is 19.1. The van der Waals surface area contributed by atoms with Crippen LogP contribution < -0.4 is 10.6 Å². The summed E-state index contributed by atoms with van der Waals surface area (Å²) in [7, 11) is 0. The summed E-state index contributed by atoms with van der Waals surface area (Å²) in [5, 5.41) is 5.65. The first-order valence-electron chi connectivity index (χ1n) is 5.55. The molecule has 4 heteroatoms. The van der Waals surface area contributed by atoms with Crippen molar-refractivity contribution in [3.05, 3.63) is 48.3 Å². The van der Waals surface area contributed by atoms with Crippen molar-refractivity contribution in [3.63, 3.8) is 0 Å². The summed E-state index contributed by atoms with van der Waals surface area (Å²) in [5.41, 5.74) is 0.879. The number of nitrogens with one attached hydrogen (secondary N) is 2. The molecule has 0 radical (unpaired) electrons. The molecule has 0 spiro atoms. The van der Waals surface area contributed by atoms with Gasteiger partial charge in [0.05, 0.1) is 6.54 Å². The molecule has 0 heterocycles. The molecule has 1 rings (SSSR count). The largest absolute Gasteiger partial charge is 0.355 e. The third-order valence-electron chi connectivity index (χ3n) is 2.20. The highest BCUT2D eigenvalue weighted by Crippen LogP contribution is 2.03. The maximum atomic E-state index is 12.9. The van der Waals surface area contributed by atoms with E-state index in [4.69, 9.17) is 0 Å². The van der Waals surface area contributed by atoms with Gasteiger partial charge in [-0.25, -0.2) is 4.39 Å². The van der Waals surface area contributed by atoms with Gasteiger partial charge in [0, 0.05) is 13.1 Å². The van der Waals surface area contributed by atoms with Gasteiger partial charge in [0.15, 0.2) is 0 Å². The Kier molecular flexibility index (Phi) is 5.96. The molecule has 0 aromatic heterocycles. The second kappa shape index (κ2) is 7.57. The molecule has 92 valence electrons. The lowest BCUT2D eigenvalue weighted by Gasteiger charge is -2.05. The standard InChI is InChI=1S/C13H17FN2O/c1-2-7-15-10-13(17)16-8-6-11-4-3-5-12(14)9-11/h2-5,9,15H,1,6-8,10H2,(H,16,17). The number of carbonyl (C=O) groups excluding carboxylic acids is 1. The number of carbonyl (C=O) groups is 1. The number of amides is 1. The van der Waals surface area contributed by atoms with Gasteiger partial charge in [-0.05, 0) is 24.1 Å². The molecule has 0 aliphatic heterocycles. The molecule has 0 aliphatic carbocycles. The number of hydrogen-bond acceptors (Lipinski definition) is 2. The normalized spacial score (nSPS) is 9.94. The van der Waals surface area contributed by atoms with E-state index in [0.29, 0.717) is 19.5 Å². The van der Waals surface area contributed by atoms with Crippen LogP contribution in [0.15, 0.2) is 36.9 Å². The van der Waals surface area contributed by atoms with Gasteiger partial charge in [0.1, 0.15) is 5.82 Å². The molecule has 1 amide bonds. The van der Waals surface area contributed by atoms with Crippen molar-refractivity contribution in [1.29, 1.82) is 0 Å². The van der Waals surface area contributed by atoms with E-state index in [2.05, 4.69) is 17.2 Å². The van der Waals surface area contributed by atoms with Crippen LogP contribution in [-0.2, 0) is 11.2 Å². The van der Waals surface area contributed by atoms with Gasteiger partial charge >= 0.3 is 0 Å². The molecule has 0 saturated heterocycles. The van der Waals surface area contributed by atoms with Crippen molar-refractivity contribution in [2.45, 2.75) is 6.42 Å². The highest BCUT2D eigenvalue weighted by Gasteiger charge is 2.00. The van der Waals surface area contributed by atoms with Crippen LogP contribution >= 0.6 is 0 Å². The highest BCUT2D eigenvalue weighted by molar-refractivity contribution is 5.77.